The van der Waals surface area contributed by atoms with Gasteiger partial charge >= 0.3 is 0 Å². The van der Waals surface area contributed by atoms with Crippen LogP contribution in [-0.4, -0.2) is 71.9 Å². The second-order valence-electron chi connectivity index (χ2n) is 11.4. The van der Waals surface area contributed by atoms with Gasteiger partial charge in [0, 0.05) is 81.8 Å². The molecule has 10 heteroatoms. The number of nitrogens with one attached hydrogen (secondary N) is 2. The van der Waals surface area contributed by atoms with Crippen LogP contribution in [0.5, 0.6) is 0 Å². The first-order valence-corrected chi connectivity index (χ1v) is 14.7. The van der Waals surface area contributed by atoms with Crippen molar-refractivity contribution in [2.45, 2.75) is 38.5 Å². The van der Waals surface area contributed by atoms with Crippen molar-refractivity contribution in [3.8, 4) is 6.07 Å². The van der Waals surface area contributed by atoms with Crippen molar-refractivity contribution in [3.63, 3.8) is 0 Å². The molecule has 0 aliphatic carbocycles. The summed E-state index contributed by atoms with van der Waals surface area (Å²) in [4.78, 5) is 42.4. The maximum absolute atomic E-state index is 13.5. The molecule has 3 amide bonds. The Hall–Kier alpha value is -4.72. The molecule has 0 bridgehead atoms. The molecular formula is C33H35N7O3. The third-order valence-electron chi connectivity index (χ3n) is 8.52. The summed E-state index contributed by atoms with van der Waals surface area (Å²) in [7, 11) is 1.80. The van der Waals surface area contributed by atoms with Crippen LogP contribution >= 0.6 is 0 Å². The Kier molecular flexibility index (Phi) is 8.09. The van der Waals surface area contributed by atoms with Gasteiger partial charge < -0.3 is 10.2 Å². The van der Waals surface area contributed by atoms with Crippen molar-refractivity contribution >= 4 is 29.1 Å². The van der Waals surface area contributed by atoms with E-state index in [0.717, 1.165) is 55.2 Å². The fraction of sp³-hybridized carbons (Fsp3) is 0.333. The Balaban J connectivity index is 1.04. The first kappa shape index (κ1) is 28.4. The van der Waals surface area contributed by atoms with E-state index < -0.39 is 11.9 Å². The van der Waals surface area contributed by atoms with E-state index in [-0.39, 0.29) is 18.2 Å². The molecule has 0 spiro atoms. The molecule has 3 aliphatic rings. The van der Waals surface area contributed by atoms with Crippen LogP contribution in [0.15, 0.2) is 66.7 Å². The number of nitrogens with zero attached hydrogens (tertiary/aromatic N) is 5. The van der Waals surface area contributed by atoms with Gasteiger partial charge in [-0.15, -0.1) is 0 Å². The minimum atomic E-state index is -0.690. The van der Waals surface area contributed by atoms with Crippen LogP contribution in [0.1, 0.15) is 45.5 Å². The summed E-state index contributed by atoms with van der Waals surface area (Å²) >= 11 is 0. The van der Waals surface area contributed by atoms with Crippen LogP contribution in [0, 0.1) is 11.3 Å². The number of amides is 3. The smallest absolute Gasteiger partial charge is 0.269 e. The van der Waals surface area contributed by atoms with Crippen molar-refractivity contribution in [1.29, 1.82) is 5.26 Å². The van der Waals surface area contributed by atoms with Crippen LogP contribution in [0.2, 0.25) is 0 Å². The number of imide groups is 1. The zero-order valence-electron chi connectivity index (χ0n) is 24.3. The van der Waals surface area contributed by atoms with E-state index >= 15 is 0 Å². The Morgan fingerprint density at radius 2 is 1.65 bits per heavy atom. The van der Waals surface area contributed by atoms with E-state index in [4.69, 9.17) is 5.26 Å². The summed E-state index contributed by atoms with van der Waals surface area (Å²) in [6.45, 7) is 5.87. The number of rotatable bonds is 7. The van der Waals surface area contributed by atoms with Crippen LogP contribution in [-0.2, 0) is 29.2 Å². The van der Waals surface area contributed by atoms with Gasteiger partial charge in [-0.25, -0.2) is 5.01 Å². The summed E-state index contributed by atoms with van der Waals surface area (Å²) < 4.78 is 0. The lowest BCUT2D eigenvalue weighted by Gasteiger charge is -2.42. The molecule has 3 aliphatic heterocycles. The standard InChI is InChI=1S/C33H35N7O3/c1-37-22-28-27(33(43)40(37)30-13-14-31(41)36-32(30)42)3-2-4-29(28)35-20-24-5-7-25(8-6-24)21-38-15-17-39(18-16-38)26-11-9-23(19-34)10-12-26/h2-12,30,35H,13-18,20-22H2,1H3,(H,36,41,42). The highest BCUT2D eigenvalue weighted by atomic mass is 16.2. The molecule has 2 fully saturated rings. The Labute approximate surface area is 251 Å². The highest BCUT2D eigenvalue weighted by molar-refractivity contribution is 6.04. The lowest BCUT2D eigenvalue weighted by atomic mass is 9.98. The number of anilines is 2. The predicted molar refractivity (Wildman–Crippen MR) is 163 cm³/mol. The van der Waals surface area contributed by atoms with E-state index in [1.54, 1.807) is 18.1 Å². The molecule has 43 heavy (non-hydrogen) atoms. The van der Waals surface area contributed by atoms with Gasteiger partial charge in [-0.2, -0.15) is 5.26 Å². The van der Waals surface area contributed by atoms with E-state index in [0.29, 0.717) is 30.6 Å². The van der Waals surface area contributed by atoms with Gasteiger partial charge in [-0.05, 0) is 53.9 Å². The third kappa shape index (κ3) is 6.09. The number of nitriles is 1. The van der Waals surface area contributed by atoms with Gasteiger partial charge in [0.2, 0.25) is 5.91 Å². The second-order valence-corrected chi connectivity index (χ2v) is 11.4. The number of hydrogen-bond acceptors (Lipinski definition) is 8. The molecule has 0 aromatic heterocycles. The Bertz CT molecular complexity index is 1560. The number of carbonyl (C=O) groups is 3. The molecular weight excluding hydrogens is 542 g/mol. The molecule has 220 valence electrons. The number of benzene rings is 3. The largest absolute Gasteiger partial charge is 0.381 e. The highest BCUT2D eigenvalue weighted by Gasteiger charge is 2.40. The summed E-state index contributed by atoms with van der Waals surface area (Å²) in [5.74, 6) is -0.959. The summed E-state index contributed by atoms with van der Waals surface area (Å²) in [5.41, 5.74) is 6.63. The molecule has 2 saturated heterocycles. The summed E-state index contributed by atoms with van der Waals surface area (Å²) in [5, 5.41) is 18.2. The minimum absolute atomic E-state index is 0.220. The molecule has 1 atom stereocenters. The first-order valence-electron chi connectivity index (χ1n) is 14.7. The van der Waals surface area contributed by atoms with E-state index in [1.165, 1.54) is 10.6 Å². The van der Waals surface area contributed by atoms with Crippen molar-refractivity contribution in [3.05, 3.63) is 94.5 Å². The van der Waals surface area contributed by atoms with Crippen LogP contribution < -0.4 is 15.5 Å². The fourth-order valence-corrected chi connectivity index (χ4v) is 6.13. The molecule has 0 saturated carbocycles. The van der Waals surface area contributed by atoms with E-state index in [1.807, 2.05) is 36.4 Å². The minimum Gasteiger partial charge on any atom is -0.381 e. The van der Waals surface area contributed by atoms with Gasteiger partial charge in [0.15, 0.2) is 0 Å². The molecule has 3 heterocycles. The molecule has 1 unspecified atom stereocenters. The van der Waals surface area contributed by atoms with Crippen molar-refractivity contribution in [2.75, 3.05) is 43.4 Å². The number of hydrogen-bond donors (Lipinski definition) is 2. The van der Waals surface area contributed by atoms with Crippen LogP contribution in [0.4, 0.5) is 11.4 Å². The number of fused-ring (bicyclic) bond motifs is 1. The maximum atomic E-state index is 13.5. The van der Waals surface area contributed by atoms with Crippen molar-refractivity contribution in [2.24, 2.45) is 0 Å². The molecule has 2 N–H and O–H groups in total. The summed E-state index contributed by atoms with van der Waals surface area (Å²) in [6, 6.07) is 23.6. The predicted octanol–water partition coefficient (Wildman–Crippen LogP) is 3.10. The number of hydrazine groups is 1. The van der Waals surface area contributed by atoms with Crippen LogP contribution in [0.25, 0.3) is 0 Å². The van der Waals surface area contributed by atoms with Gasteiger partial charge in [0.05, 0.1) is 11.6 Å². The van der Waals surface area contributed by atoms with Crippen molar-refractivity contribution < 1.29 is 14.4 Å². The maximum Gasteiger partial charge on any atom is 0.269 e. The quantitative estimate of drug-likeness (QED) is 0.412. The average molecular weight is 578 g/mol. The second kappa shape index (κ2) is 12.3. The molecule has 10 nitrogen and oxygen atoms in total. The normalized spacial score (nSPS) is 19.5. The lowest BCUT2D eigenvalue weighted by molar-refractivity contribution is -0.142. The Morgan fingerprint density at radius 3 is 2.35 bits per heavy atom. The topological polar surface area (TPSA) is 112 Å². The number of piperazine rings is 1. The van der Waals surface area contributed by atoms with Crippen LogP contribution in [0.3, 0.4) is 0 Å². The SMILES string of the molecule is CN1Cc2c(NCc3ccc(CN4CCN(c5ccc(C#N)cc5)CC4)cc3)cccc2C(=O)N1C1CCC(=O)NC1=O. The van der Waals surface area contributed by atoms with E-state index in [9.17, 15) is 14.4 Å². The van der Waals surface area contributed by atoms with Gasteiger partial charge in [0.1, 0.15) is 6.04 Å². The number of carbonyl (C=O) groups excluding carboxylic acids is 3. The van der Waals surface area contributed by atoms with Gasteiger partial charge in [-0.1, -0.05) is 30.3 Å². The average Bonchev–Trinajstić information content (AvgIpc) is 3.02. The highest BCUT2D eigenvalue weighted by Crippen LogP contribution is 2.31. The summed E-state index contributed by atoms with van der Waals surface area (Å²) in [6.07, 6.45) is 0.538. The lowest BCUT2D eigenvalue weighted by Crippen LogP contribution is -2.60. The fourth-order valence-electron chi connectivity index (χ4n) is 6.13. The zero-order chi connectivity index (χ0) is 29.9. The van der Waals surface area contributed by atoms with Crippen molar-refractivity contribution in [1.82, 2.24) is 20.2 Å². The monoisotopic (exact) mass is 577 g/mol. The van der Waals surface area contributed by atoms with E-state index in [2.05, 4.69) is 50.8 Å². The zero-order valence-corrected chi connectivity index (χ0v) is 24.3. The van der Waals surface area contributed by atoms with Gasteiger partial charge in [0.25, 0.3) is 11.8 Å². The molecule has 3 aromatic rings. The molecule has 6 rings (SSSR count). The molecule has 0 radical (unpaired) electrons. The van der Waals surface area contributed by atoms with Gasteiger partial charge in [-0.3, -0.25) is 29.6 Å². The Morgan fingerprint density at radius 1 is 0.930 bits per heavy atom. The third-order valence-corrected chi connectivity index (χ3v) is 8.52. The molecule has 3 aromatic carbocycles. The first-order chi connectivity index (χ1) is 20.9. The number of piperidine rings is 1.